The topological polar surface area (TPSA) is 64.2 Å². The van der Waals surface area contributed by atoms with E-state index in [1.54, 1.807) is 35.1 Å². The van der Waals surface area contributed by atoms with Gasteiger partial charge in [0, 0.05) is 10.9 Å². The van der Waals surface area contributed by atoms with E-state index < -0.39 is 0 Å². The summed E-state index contributed by atoms with van der Waals surface area (Å²) in [5.74, 6) is 0.680. The second-order valence-electron chi connectivity index (χ2n) is 7.77. The van der Waals surface area contributed by atoms with Crippen molar-refractivity contribution < 1.29 is 9.21 Å². The molecule has 8 heteroatoms. The van der Waals surface area contributed by atoms with E-state index in [4.69, 9.17) is 9.40 Å². The molecule has 0 saturated carbocycles. The van der Waals surface area contributed by atoms with Crippen LogP contribution in [0.5, 0.6) is 0 Å². The molecular formula is C24H22N4O2S2. The minimum atomic E-state index is -0.0664. The van der Waals surface area contributed by atoms with Crippen molar-refractivity contribution in [2.24, 2.45) is 0 Å². The fourth-order valence-electron chi connectivity index (χ4n) is 3.67. The summed E-state index contributed by atoms with van der Waals surface area (Å²) in [5.41, 5.74) is 2.11. The molecule has 0 spiro atoms. The predicted octanol–water partition coefficient (Wildman–Crippen LogP) is 6.24. The van der Waals surface area contributed by atoms with Crippen LogP contribution >= 0.6 is 22.7 Å². The van der Waals surface area contributed by atoms with E-state index in [1.807, 2.05) is 62.8 Å². The Morgan fingerprint density at radius 1 is 1.12 bits per heavy atom. The van der Waals surface area contributed by atoms with Crippen LogP contribution in [0.25, 0.3) is 21.6 Å². The molecule has 0 aliphatic rings. The van der Waals surface area contributed by atoms with E-state index >= 15 is 0 Å². The Morgan fingerprint density at radius 3 is 2.66 bits per heavy atom. The highest BCUT2D eigenvalue weighted by atomic mass is 32.1. The zero-order chi connectivity index (χ0) is 22.1. The van der Waals surface area contributed by atoms with Gasteiger partial charge in [0.2, 0.25) is 0 Å². The number of carbonyl (C=O) groups excluding carboxylic acids is 1. The van der Waals surface area contributed by atoms with Crippen molar-refractivity contribution in [2.45, 2.75) is 33.0 Å². The van der Waals surface area contributed by atoms with Gasteiger partial charge >= 0.3 is 0 Å². The molecule has 0 bridgehead atoms. The van der Waals surface area contributed by atoms with Gasteiger partial charge in [-0.1, -0.05) is 12.1 Å². The van der Waals surface area contributed by atoms with Crippen molar-refractivity contribution in [1.82, 2.24) is 19.7 Å². The average Bonchev–Trinajstić information content (AvgIpc) is 3.59. The molecule has 5 aromatic heterocycles. The van der Waals surface area contributed by atoms with E-state index in [0.29, 0.717) is 18.7 Å². The molecule has 5 rings (SSSR count). The van der Waals surface area contributed by atoms with Gasteiger partial charge in [-0.15, -0.1) is 22.7 Å². The first-order valence-electron chi connectivity index (χ1n) is 10.4. The van der Waals surface area contributed by atoms with Gasteiger partial charge in [0.15, 0.2) is 5.65 Å². The molecule has 1 amide bonds. The van der Waals surface area contributed by atoms with Crippen LogP contribution in [0.1, 0.15) is 40.9 Å². The minimum Gasteiger partial charge on any atom is -0.467 e. The molecular weight excluding hydrogens is 440 g/mol. The summed E-state index contributed by atoms with van der Waals surface area (Å²) in [6.07, 6.45) is 3.39. The van der Waals surface area contributed by atoms with E-state index in [2.05, 4.69) is 18.9 Å². The van der Waals surface area contributed by atoms with Crippen LogP contribution in [0, 0.1) is 0 Å². The Kier molecular flexibility index (Phi) is 5.63. The quantitative estimate of drug-likeness (QED) is 0.287. The number of rotatable bonds is 7. The lowest BCUT2D eigenvalue weighted by Gasteiger charge is -2.22. The van der Waals surface area contributed by atoms with Gasteiger partial charge in [0.05, 0.1) is 47.1 Å². The maximum atomic E-state index is 13.9. The Morgan fingerprint density at radius 2 is 1.97 bits per heavy atom. The third-order valence-corrected chi connectivity index (χ3v) is 6.95. The van der Waals surface area contributed by atoms with Crippen LogP contribution in [0.2, 0.25) is 0 Å². The number of fused-ring (bicyclic) bond motifs is 1. The first-order chi connectivity index (χ1) is 15.6. The largest absolute Gasteiger partial charge is 0.467 e. The normalized spacial score (nSPS) is 11.5. The predicted molar refractivity (Wildman–Crippen MR) is 128 cm³/mol. The van der Waals surface area contributed by atoms with Gasteiger partial charge in [0.1, 0.15) is 5.76 Å². The van der Waals surface area contributed by atoms with Crippen LogP contribution < -0.4 is 0 Å². The molecule has 5 heterocycles. The molecule has 0 aliphatic carbocycles. The number of furan rings is 1. The molecule has 0 fully saturated rings. The molecule has 162 valence electrons. The number of hydrogen-bond acceptors (Lipinski definition) is 6. The summed E-state index contributed by atoms with van der Waals surface area (Å²) in [6.45, 7) is 5.02. The highest BCUT2D eigenvalue weighted by Gasteiger charge is 2.24. The van der Waals surface area contributed by atoms with Gasteiger partial charge in [-0.05, 0) is 54.9 Å². The zero-order valence-corrected chi connectivity index (χ0v) is 19.4. The molecule has 5 aromatic rings. The second-order valence-corrected chi connectivity index (χ2v) is 9.75. The molecule has 32 heavy (non-hydrogen) atoms. The molecule has 0 saturated heterocycles. The van der Waals surface area contributed by atoms with Crippen LogP contribution in [0.3, 0.4) is 0 Å². The van der Waals surface area contributed by atoms with Crippen LogP contribution in [-0.2, 0) is 13.1 Å². The lowest BCUT2D eigenvalue weighted by atomic mass is 10.1. The van der Waals surface area contributed by atoms with Crippen molar-refractivity contribution in [3.63, 3.8) is 0 Å². The van der Waals surface area contributed by atoms with E-state index in [0.717, 1.165) is 32.2 Å². The molecule has 0 N–H and O–H groups in total. The summed E-state index contributed by atoms with van der Waals surface area (Å²) in [4.78, 5) is 22.8. The molecule has 0 unspecified atom stereocenters. The standard InChI is InChI=1S/C24H22N4O2S2/c1-16(2)28-23-20(13-25-28)19(12-21(26-23)22-8-5-11-32-22)24(29)27(14-17-6-3-9-30-17)15-18-7-4-10-31-18/h3-13,16H,14-15H2,1-2H3. The van der Waals surface area contributed by atoms with E-state index in [-0.39, 0.29) is 11.9 Å². The Hall–Kier alpha value is -3.23. The van der Waals surface area contributed by atoms with Crippen LogP contribution in [0.4, 0.5) is 0 Å². The first kappa shape index (κ1) is 20.7. The van der Waals surface area contributed by atoms with Crippen LogP contribution in [0.15, 0.2) is 70.1 Å². The Bertz CT molecular complexity index is 1280. The summed E-state index contributed by atoms with van der Waals surface area (Å²) >= 11 is 3.25. The molecule has 6 nitrogen and oxygen atoms in total. The fraction of sp³-hybridized carbons (Fsp3) is 0.208. The summed E-state index contributed by atoms with van der Waals surface area (Å²) < 4.78 is 7.43. The number of aromatic nitrogens is 3. The number of carbonyl (C=O) groups is 1. The van der Waals surface area contributed by atoms with Gasteiger partial charge in [-0.25, -0.2) is 9.67 Å². The van der Waals surface area contributed by atoms with Crippen LogP contribution in [-0.4, -0.2) is 25.6 Å². The van der Waals surface area contributed by atoms with Gasteiger partial charge in [0.25, 0.3) is 5.91 Å². The maximum Gasteiger partial charge on any atom is 0.255 e. The van der Waals surface area contributed by atoms with Gasteiger partial charge in [-0.3, -0.25) is 4.79 Å². The number of hydrogen-bond donors (Lipinski definition) is 0. The summed E-state index contributed by atoms with van der Waals surface area (Å²) in [5, 5.41) is 9.35. The second kappa shape index (κ2) is 8.72. The summed E-state index contributed by atoms with van der Waals surface area (Å²) in [6, 6.07) is 13.8. The third-order valence-electron chi connectivity index (χ3n) is 5.20. The van der Waals surface area contributed by atoms with E-state index in [9.17, 15) is 4.79 Å². The molecule has 0 radical (unpaired) electrons. The van der Waals surface area contributed by atoms with Crippen molar-refractivity contribution in [1.29, 1.82) is 0 Å². The molecule has 0 aliphatic heterocycles. The van der Waals surface area contributed by atoms with E-state index in [1.165, 1.54) is 0 Å². The fourth-order valence-corrected chi connectivity index (χ4v) is 5.08. The first-order valence-corrected chi connectivity index (χ1v) is 12.1. The number of nitrogens with zero attached hydrogens (tertiary/aromatic N) is 4. The number of pyridine rings is 1. The highest BCUT2D eigenvalue weighted by molar-refractivity contribution is 7.13. The highest BCUT2D eigenvalue weighted by Crippen LogP contribution is 2.30. The molecule has 0 aromatic carbocycles. The third kappa shape index (κ3) is 3.99. The van der Waals surface area contributed by atoms with Gasteiger partial charge < -0.3 is 9.32 Å². The monoisotopic (exact) mass is 462 g/mol. The number of amides is 1. The number of thiophene rings is 2. The van der Waals surface area contributed by atoms with Crippen molar-refractivity contribution >= 4 is 39.6 Å². The lowest BCUT2D eigenvalue weighted by molar-refractivity contribution is 0.0721. The summed E-state index contributed by atoms with van der Waals surface area (Å²) in [7, 11) is 0. The van der Waals surface area contributed by atoms with Crippen molar-refractivity contribution in [3.05, 3.63) is 81.9 Å². The Balaban J connectivity index is 1.62. The maximum absolute atomic E-state index is 13.9. The average molecular weight is 463 g/mol. The lowest BCUT2D eigenvalue weighted by Crippen LogP contribution is -2.30. The smallest absolute Gasteiger partial charge is 0.255 e. The van der Waals surface area contributed by atoms with Crippen molar-refractivity contribution in [2.75, 3.05) is 0 Å². The SMILES string of the molecule is CC(C)n1ncc2c(C(=O)N(Cc3ccco3)Cc3cccs3)cc(-c3cccs3)nc21. The van der Waals surface area contributed by atoms with Crippen molar-refractivity contribution in [3.8, 4) is 10.6 Å². The minimum absolute atomic E-state index is 0.0664. The van der Waals surface area contributed by atoms with Gasteiger partial charge in [-0.2, -0.15) is 5.10 Å². The Labute approximate surface area is 193 Å². The molecule has 0 atom stereocenters. The zero-order valence-electron chi connectivity index (χ0n) is 17.8.